The maximum Gasteiger partial charge on any atom is 0.259 e. The SMILES string of the molecule is COc1ccc(C(OCc2cccc(Sc3ncnc4c3ncn4[C@H]3C[C@H](OP(OCCC#N)N(C(C)C)C(C)C)[C@@H](COC(c4ccccc4)(c4ccc(OC)cc4)c4ccc(OC)cc4)O3)c2)(c2ccccc2)c2ccc(OC)cc2)cc1. The predicted molar refractivity (Wildman–Crippen MR) is 330 cm³/mol. The Balaban J connectivity index is 0.973. The minimum absolute atomic E-state index is 0.0666. The van der Waals surface area contributed by atoms with E-state index in [9.17, 15) is 5.26 Å². The van der Waals surface area contributed by atoms with Crippen molar-refractivity contribution in [2.45, 2.75) is 98.8 Å². The van der Waals surface area contributed by atoms with E-state index in [1.165, 1.54) is 11.8 Å². The summed E-state index contributed by atoms with van der Waals surface area (Å²) in [7, 11) is 4.96. The molecule has 85 heavy (non-hydrogen) atoms. The molecule has 438 valence electrons. The first-order chi connectivity index (χ1) is 41.5. The van der Waals surface area contributed by atoms with Crippen LogP contribution in [0.3, 0.4) is 0 Å². The van der Waals surface area contributed by atoms with Crippen LogP contribution >= 0.6 is 20.3 Å². The van der Waals surface area contributed by atoms with Crippen molar-refractivity contribution in [2.24, 2.45) is 0 Å². The van der Waals surface area contributed by atoms with Gasteiger partial charge in [0.1, 0.15) is 63.4 Å². The lowest BCUT2D eigenvalue weighted by Crippen LogP contribution is -2.39. The van der Waals surface area contributed by atoms with E-state index in [4.69, 9.17) is 57.2 Å². The van der Waals surface area contributed by atoms with E-state index in [0.717, 1.165) is 66.8 Å². The minimum Gasteiger partial charge on any atom is -0.497 e. The number of nitriles is 1. The molecule has 1 aliphatic rings. The molecule has 0 spiro atoms. The van der Waals surface area contributed by atoms with Crippen molar-refractivity contribution in [3.8, 4) is 29.1 Å². The van der Waals surface area contributed by atoms with Gasteiger partial charge in [0.15, 0.2) is 5.65 Å². The van der Waals surface area contributed by atoms with Crippen LogP contribution in [-0.2, 0) is 41.1 Å². The summed E-state index contributed by atoms with van der Waals surface area (Å²) in [5, 5.41) is 10.3. The molecule has 1 aliphatic heterocycles. The van der Waals surface area contributed by atoms with Gasteiger partial charge < -0.3 is 42.2 Å². The lowest BCUT2D eigenvalue weighted by molar-refractivity contribution is -0.0912. The zero-order valence-corrected chi connectivity index (χ0v) is 50.8. The number of fused-ring (bicyclic) bond motifs is 1. The lowest BCUT2D eigenvalue weighted by atomic mass is 9.80. The van der Waals surface area contributed by atoms with Crippen molar-refractivity contribution in [3.63, 3.8) is 0 Å². The van der Waals surface area contributed by atoms with Crippen LogP contribution in [0.25, 0.3) is 11.2 Å². The number of ether oxygens (including phenoxy) is 7. The van der Waals surface area contributed by atoms with E-state index in [2.05, 4.69) is 105 Å². The van der Waals surface area contributed by atoms with E-state index in [1.54, 1.807) is 41.1 Å². The Hall–Kier alpha value is -7.68. The molecule has 15 nitrogen and oxygen atoms in total. The van der Waals surface area contributed by atoms with E-state index >= 15 is 0 Å². The molecule has 9 aromatic rings. The molecule has 1 fully saturated rings. The molecule has 17 heteroatoms. The fourth-order valence-corrected chi connectivity index (χ4v) is 13.7. The second-order valence-electron chi connectivity index (χ2n) is 20.9. The van der Waals surface area contributed by atoms with Crippen molar-refractivity contribution in [1.29, 1.82) is 5.26 Å². The Kier molecular flexibility index (Phi) is 19.9. The molecule has 0 amide bonds. The zero-order valence-electron chi connectivity index (χ0n) is 49.1. The molecular weight excluding hydrogens is 1110 g/mol. The van der Waals surface area contributed by atoms with E-state index in [0.29, 0.717) is 22.6 Å². The summed E-state index contributed by atoms with van der Waals surface area (Å²) >= 11 is 1.50. The molecule has 2 aromatic heterocycles. The van der Waals surface area contributed by atoms with Crippen LogP contribution in [0.5, 0.6) is 23.0 Å². The van der Waals surface area contributed by atoms with Crippen LogP contribution in [0, 0.1) is 11.3 Å². The maximum atomic E-state index is 9.61. The van der Waals surface area contributed by atoms with Crippen LogP contribution in [-0.4, -0.2) is 90.1 Å². The molecule has 1 saturated heterocycles. The topological polar surface area (TPSA) is 154 Å². The molecule has 0 N–H and O–H groups in total. The molecule has 0 aliphatic carbocycles. The van der Waals surface area contributed by atoms with Crippen LogP contribution in [0.15, 0.2) is 205 Å². The first kappa shape index (κ1) is 60.4. The average molecular weight is 1180 g/mol. The van der Waals surface area contributed by atoms with Gasteiger partial charge in [-0.3, -0.25) is 4.57 Å². The number of rotatable bonds is 27. The number of methoxy groups -OCH3 is 4. The van der Waals surface area contributed by atoms with Gasteiger partial charge in [-0.1, -0.05) is 133 Å². The van der Waals surface area contributed by atoms with Crippen LogP contribution in [0.1, 0.15) is 85.7 Å². The summed E-state index contributed by atoms with van der Waals surface area (Å²) in [6, 6.07) is 63.1. The summed E-state index contributed by atoms with van der Waals surface area (Å²) in [5.74, 6) is 2.93. The summed E-state index contributed by atoms with van der Waals surface area (Å²) in [6.07, 6.45) is 2.18. The van der Waals surface area contributed by atoms with Crippen LogP contribution in [0.4, 0.5) is 0 Å². The van der Waals surface area contributed by atoms with Gasteiger partial charge in [0, 0.05) is 23.4 Å². The number of hydrogen-bond donors (Lipinski definition) is 0. The van der Waals surface area contributed by atoms with Gasteiger partial charge in [-0.15, -0.1) is 0 Å². The standard InChI is InChI=1S/C68H71N6O9PS/c1-47(2)74(48(3)4)84(81-40-16-39-69)83-61-42-63(82-62(61)44-80-68(51-20-13-10-14-21-51,54-27-35-58(77-7)36-28-54)55-29-37-59(78-8)38-30-55)73-46-72-64-65(73)70-45-71-66(64)85-60-22-15-17-49(41-60)43-79-67(50-18-11-9-12-19-50,52-23-31-56(75-5)32-24-52)53-25-33-57(76-6)34-26-53/h9-15,17-38,41,45-48,61-63H,16,40,42-44H2,1-8H3/t61-,62+,63+,84?/m0/s1. The molecule has 0 bridgehead atoms. The van der Waals surface area contributed by atoms with Crippen LogP contribution < -0.4 is 18.9 Å². The Morgan fingerprint density at radius 2 is 1.12 bits per heavy atom. The third-order valence-electron chi connectivity index (χ3n) is 15.1. The summed E-state index contributed by atoms with van der Waals surface area (Å²) in [6.45, 7) is 9.07. The Bertz CT molecular complexity index is 3510. The molecule has 4 atom stereocenters. The summed E-state index contributed by atoms with van der Waals surface area (Å²) in [5.41, 5.74) is 5.57. The van der Waals surface area contributed by atoms with E-state index in [-0.39, 0.29) is 38.3 Å². The maximum absolute atomic E-state index is 9.61. The molecule has 3 heterocycles. The second kappa shape index (κ2) is 28.0. The summed E-state index contributed by atoms with van der Waals surface area (Å²) in [4.78, 5) is 15.6. The third kappa shape index (κ3) is 13.3. The van der Waals surface area contributed by atoms with E-state index < -0.39 is 38.2 Å². The smallest absolute Gasteiger partial charge is 0.259 e. The number of nitrogens with zero attached hydrogens (tertiary/aromatic N) is 6. The molecule has 0 saturated carbocycles. The quantitative estimate of drug-likeness (QED) is 0.0207. The van der Waals surface area contributed by atoms with Gasteiger partial charge in [-0.2, -0.15) is 5.26 Å². The van der Waals surface area contributed by atoms with Gasteiger partial charge >= 0.3 is 0 Å². The van der Waals surface area contributed by atoms with Crippen molar-refractivity contribution >= 4 is 31.5 Å². The highest BCUT2D eigenvalue weighted by Gasteiger charge is 2.46. The van der Waals surface area contributed by atoms with Gasteiger partial charge in [-0.25, -0.2) is 19.6 Å². The zero-order chi connectivity index (χ0) is 59.3. The van der Waals surface area contributed by atoms with Crippen LogP contribution in [0.2, 0.25) is 0 Å². The van der Waals surface area contributed by atoms with Gasteiger partial charge in [0.25, 0.3) is 8.53 Å². The minimum atomic E-state index is -1.68. The monoisotopic (exact) mass is 1180 g/mol. The Labute approximate surface area is 503 Å². The molecule has 10 rings (SSSR count). The van der Waals surface area contributed by atoms with Gasteiger partial charge in [-0.05, 0) is 127 Å². The average Bonchev–Trinajstić information content (AvgIpc) is 2.12. The normalized spacial score (nSPS) is 15.8. The number of hydrogen-bond acceptors (Lipinski definition) is 15. The first-order valence-corrected chi connectivity index (χ1v) is 30.3. The van der Waals surface area contributed by atoms with Crippen molar-refractivity contribution in [3.05, 3.63) is 234 Å². The number of benzene rings is 7. The second-order valence-corrected chi connectivity index (χ2v) is 23.4. The lowest BCUT2D eigenvalue weighted by Gasteiger charge is -2.39. The largest absolute Gasteiger partial charge is 0.497 e. The highest BCUT2D eigenvalue weighted by atomic mass is 32.2. The Morgan fingerprint density at radius 3 is 1.60 bits per heavy atom. The fourth-order valence-electron chi connectivity index (χ4n) is 11.0. The molecule has 7 aromatic carbocycles. The molecule has 1 unspecified atom stereocenters. The fraction of sp³-hybridized carbons (Fsp3) is 0.294. The third-order valence-corrected chi connectivity index (χ3v) is 18.2. The van der Waals surface area contributed by atoms with E-state index in [1.807, 2.05) is 120 Å². The van der Waals surface area contributed by atoms with Gasteiger partial charge in [0.05, 0.1) is 73.2 Å². The van der Waals surface area contributed by atoms with Crippen molar-refractivity contribution < 1.29 is 42.2 Å². The van der Waals surface area contributed by atoms with Crippen molar-refractivity contribution in [2.75, 3.05) is 41.7 Å². The highest BCUT2D eigenvalue weighted by molar-refractivity contribution is 7.99. The van der Waals surface area contributed by atoms with Gasteiger partial charge in [0.2, 0.25) is 0 Å². The Morgan fingerprint density at radius 1 is 0.624 bits per heavy atom. The number of aromatic nitrogens is 4. The first-order valence-electron chi connectivity index (χ1n) is 28.3. The molecule has 0 radical (unpaired) electrons. The molecular formula is C68H71N6O9PS. The van der Waals surface area contributed by atoms with Crippen molar-refractivity contribution in [1.82, 2.24) is 24.2 Å². The number of imidazole rings is 1. The summed E-state index contributed by atoms with van der Waals surface area (Å²) < 4.78 is 62.4. The predicted octanol–water partition coefficient (Wildman–Crippen LogP) is 14.5. The highest BCUT2D eigenvalue weighted by Crippen LogP contribution is 2.51.